The quantitative estimate of drug-likeness (QED) is 0.522. The van der Waals surface area contributed by atoms with Crippen molar-refractivity contribution >= 4 is 23.6 Å². The minimum absolute atomic E-state index is 0.138. The molecule has 8 nitrogen and oxygen atoms in total. The molecule has 2 N–H and O–H groups in total. The van der Waals surface area contributed by atoms with Crippen molar-refractivity contribution in [3.8, 4) is 11.1 Å². The molecule has 4 heterocycles. The van der Waals surface area contributed by atoms with Crippen LogP contribution in [0.5, 0.6) is 0 Å². The Morgan fingerprint density at radius 3 is 2.49 bits per heavy atom. The fourth-order valence-corrected chi connectivity index (χ4v) is 3.17. The Labute approximate surface area is 193 Å². The average molecular weight is 495 g/mol. The maximum absolute atomic E-state index is 13.5. The van der Waals surface area contributed by atoms with Crippen LogP contribution in [-0.2, 0) is 23.7 Å². The van der Waals surface area contributed by atoms with E-state index in [1.54, 1.807) is 18.5 Å². The molecule has 0 radical (unpaired) electrons. The molecule has 35 heavy (non-hydrogen) atoms. The molecule has 0 spiro atoms. The number of nitrogens with zero attached hydrogens (tertiary/aromatic N) is 5. The van der Waals surface area contributed by atoms with Crippen molar-refractivity contribution in [3.05, 3.63) is 66.0 Å². The first-order valence-electron chi connectivity index (χ1n) is 9.91. The third-order valence-electron chi connectivity index (χ3n) is 4.70. The molecule has 1 aliphatic rings. The number of pyridine rings is 2. The van der Waals surface area contributed by atoms with E-state index in [-0.39, 0.29) is 5.82 Å². The van der Waals surface area contributed by atoms with E-state index in [0.29, 0.717) is 28.6 Å². The summed E-state index contributed by atoms with van der Waals surface area (Å²) < 4.78 is 80.1. The topological polar surface area (TPSA) is 97.1 Å². The number of nitrogens with one attached hydrogen (secondary N) is 2. The Hall–Kier alpha value is -4.23. The van der Waals surface area contributed by atoms with E-state index in [9.17, 15) is 31.1 Å². The number of halogens is 6. The van der Waals surface area contributed by atoms with E-state index in [1.165, 1.54) is 12.3 Å². The zero-order valence-electron chi connectivity index (χ0n) is 17.5. The highest BCUT2D eigenvalue weighted by Crippen LogP contribution is 2.37. The van der Waals surface area contributed by atoms with E-state index in [2.05, 4.69) is 30.7 Å². The van der Waals surface area contributed by atoms with Crippen LogP contribution in [0, 0.1) is 0 Å². The molecule has 0 fully saturated rings. The molecule has 0 saturated carbocycles. The Kier molecular flexibility index (Phi) is 6.28. The number of carbonyl (C=O) groups excluding carboxylic acids is 1. The van der Waals surface area contributed by atoms with Crippen LogP contribution in [0.3, 0.4) is 0 Å². The van der Waals surface area contributed by atoms with Crippen LogP contribution in [0.25, 0.3) is 16.8 Å². The maximum atomic E-state index is 13.5. The van der Waals surface area contributed by atoms with Gasteiger partial charge in [0.15, 0.2) is 5.69 Å². The van der Waals surface area contributed by atoms with Crippen LogP contribution in [0.4, 0.5) is 32.2 Å². The molecule has 0 aromatic carbocycles. The minimum Gasteiger partial charge on any atom is -0.384 e. The molecule has 1 aliphatic heterocycles. The maximum Gasteiger partial charge on any atom is 0.435 e. The van der Waals surface area contributed by atoms with Crippen LogP contribution in [0.2, 0.25) is 0 Å². The van der Waals surface area contributed by atoms with Crippen molar-refractivity contribution in [2.24, 2.45) is 4.99 Å². The molecule has 3 aromatic rings. The zero-order chi connectivity index (χ0) is 25.2. The highest BCUT2D eigenvalue weighted by atomic mass is 19.4. The minimum atomic E-state index is -4.97. The lowest BCUT2D eigenvalue weighted by Crippen LogP contribution is -2.20. The number of alkyl halides is 6. The molecule has 0 unspecified atom stereocenters. The second-order valence-electron chi connectivity index (χ2n) is 7.24. The molecular weight excluding hydrogens is 480 g/mol. The van der Waals surface area contributed by atoms with Crippen molar-refractivity contribution in [1.29, 1.82) is 0 Å². The summed E-state index contributed by atoms with van der Waals surface area (Å²) in [7, 11) is 0. The largest absolute Gasteiger partial charge is 0.435 e. The van der Waals surface area contributed by atoms with Crippen LogP contribution in [0.15, 0.2) is 54.0 Å². The third-order valence-corrected chi connectivity index (χ3v) is 4.70. The van der Waals surface area contributed by atoms with Crippen LogP contribution in [0.1, 0.15) is 17.0 Å². The molecule has 0 saturated heterocycles. The number of hydrogen-bond donors (Lipinski definition) is 2. The number of carbonyl (C=O) groups is 1. The summed E-state index contributed by atoms with van der Waals surface area (Å²) in [5.41, 5.74) is -2.48. The van der Waals surface area contributed by atoms with Gasteiger partial charge in [0.1, 0.15) is 18.1 Å². The smallest absolute Gasteiger partial charge is 0.384 e. The van der Waals surface area contributed by atoms with Gasteiger partial charge in [-0.15, -0.1) is 0 Å². The predicted molar refractivity (Wildman–Crippen MR) is 113 cm³/mol. The van der Waals surface area contributed by atoms with E-state index in [1.807, 2.05) is 0 Å². The lowest BCUT2D eigenvalue weighted by molar-refractivity contribution is -0.141. The normalized spacial score (nSPS) is 13.8. The lowest BCUT2D eigenvalue weighted by Gasteiger charge is -2.09. The van der Waals surface area contributed by atoms with Crippen LogP contribution in [-0.4, -0.2) is 38.4 Å². The highest BCUT2D eigenvalue weighted by molar-refractivity contribution is 5.89. The standard InChI is InChI=1S/C21H15F6N7O/c22-20(23,24)16-7-12(3-4-30-16)14-10-34(33-19(14)21(25,26)27)11-18(35)32-17-2-1-13(8-31-17)15-9-28-5-6-29-15/h1-4,6-10,28H,5,11H2,(H,31,32,35). The summed E-state index contributed by atoms with van der Waals surface area (Å²) >= 11 is 0. The molecule has 1 amide bonds. The van der Waals surface area contributed by atoms with Gasteiger partial charge in [0.05, 0.1) is 5.70 Å². The van der Waals surface area contributed by atoms with Gasteiger partial charge in [0, 0.05) is 48.7 Å². The SMILES string of the molecule is O=C(Cn1cc(-c2ccnc(C(F)(F)F)c2)c(C(F)(F)F)n1)Nc1ccc(C2=CNCC=N2)cn1. The summed E-state index contributed by atoms with van der Waals surface area (Å²) in [6.45, 7) is -0.0377. The van der Waals surface area contributed by atoms with E-state index < -0.39 is 47.3 Å². The van der Waals surface area contributed by atoms with E-state index >= 15 is 0 Å². The number of aromatic nitrogens is 4. The first kappa shape index (κ1) is 23.9. The third kappa shape index (κ3) is 5.65. The molecule has 4 rings (SSSR count). The molecule has 0 atom stereocenters. The van der Waals surface area contributed by atoms with E-state index in [4.69, 9.17) is 0 Å². The Morgan fingerprint density at radius 1 is 1.06 bits per heavy atom. The average Bonchev–Trinajstić information content (AvgIpc) is 3.24. The summed E-state index contributed by atoms with van der Waals surface area (Å²) in [6, 6.07) is 4.62. The van der Waals surface area contributed by atoms with Crippen LogP contribution < -0.4 is 10.6 Å². The molecule has 0 aliphatic carbocycles. The lowest BCUT2D eigenvalue weighted by atomic mass is 10.1. The van der Waals surface area contributed by atoms with Gasteiger partial charge < -0.3 is 10.6 Å². The number of anilines is 1. The molecule has 3 aromatic heterocycles. The summed E-state index contributed by atoms with van der Waals surface area (Å²) in [5.74, 6) is -0.602. The van der Waals surface area contributed by atoms with Crippen molar-refractivity contribution in [1.82, 2.24) is 25.1 Å². The monoisotopic (exact) mass is 495 g/mol. The number of rotatable bonds is 5. The second kappa shape index (κ2) is 9.19. The molecule has 0 bridgehead atoms. The Morgan fingerprint density at radius 2 is 1.86 bits per heavy atom. The highest BCUT2D eigenvalue weighted by Gasteiger charge is 2.39. The van der Waals surface area contributed by atoms with Crippen molar-refractivity contribution in [2.75, 3.05) is 11.9 Å². The molecular formula is C21H15F6N7O. The fourth-order valence-electron chi connectivity index (χ4n) is 3.17. The van der Waals surface area contributed by atoms with E-state index in [0.717, 1.165) is 18.5 Å². The Balaban J connectivity index is 1.53. The van der Waals surface area contributed by atoms with Gasteiger partial charge in [0.2, 0.25) is 5.91 Å². The van der Waals surface area contributed by atoms with Gasteiger partial charge in [-0.2, -0.15) is 31.4 Å². The van der Waals surface area contributed by atoms with Gasteiger partial charge >= 0.3 is 12.4 Å². The number of hydrogen-bond acceptors (Lipinski definition) is 6. The summed E-state index contributed by atoms with van der Waals surface area (Å²) in [5, 5.41) is 8.81. The molecule has 182 valence electrons. The van der Waals surface area contributed by atoms with Gasteiger partial charge in [-0.3, -0.25) is 19.5 Å². The predicted octanol–water partition coefficient (Wildman–Crippen LogP) is 3.99. The first-order chi connectivity index (χ1) is 16.5. The second-order valence-corrected chi connectivity index (χ2v) is 7.24. The van der Waals surface area contributed by atoms with Gasteiger partial charge in [-0.1, -0.05) is 0 Å². The first-order valence-corrected chi connectivity index (χ1v) is 9.91. The van der Waals surface area contributed by atoms with Crippen molar-refractivity contribution in [3.63, 3.8) is 0 Å². The van der Waals surface area contributed by atoms with Gasteiger partial charge in [-0.25, -0.2) is 4.98 Å². The Bertz CT molecular complexity index is 1290. The number of aliphatic imine (C=N–C) groups is 1. The number of amides is 1. The van der Waals surface area contributed by atoms with Gasteiger partial charge in [-0.05, 0) is 29.8 Å². The fraction of sp³-hybridized carbons (Fsp3) is 0.190. The summed E-state index contributed by atoms with van der Waals surface area (Å²) in [6.07, 6.45) is -3.37. The molecule has 14 heteroatoms. The van der Waals surface area contributed by atoms with Crippen LogP contribution >= 0.6 is 0 Å². The van der Waals surface area contributed by atoms with Crippen molar-refractivity contribution in [2.45, 2.75) is 18.9 Å². The van der Waals surface area contributed by atoms with Crippen molar-refractivity contribution < 1.29 is 31.1 Å². The summed E-state index contributed by atoms with van der Waals surface area (Å²) in [4.78, 5) is 23.8. The zero-order valence-corrected chi connectivity index (χ0v) is 17.5. The van der Waals surface area contributed by atoms with Gasteiger partial charge in [0.25, 0.3) is 0 Å².